The summed E-state index contributed by atoms with van der Waals surface area (Å²) in [5.74, 6) is -0.715. The fourth-order valence-electron chi connectivity index (χ4n) is 2.58. The van der Waals surface area contributed by atoms with Gasteiger partial charge in [0.05, 0.1) is 28.8 Å². The van der Waals surface area contributed by atoms with Crippen molar-refractivity contribution in [2.75, 3.05) is 5.32 Å². The first-order valence-corrected chi connectivity index (χ1v) is 8.27. The summed E-state index contributed by atoms with van der Waals surface area (Å²) in [6, 6.07) is 11.8. The predicted molar refractivity (Wildman–Crippen MR) is 95.7 cm³/mol. The summed E-state index contributed by atoms with van der Waals surface area (Å²) in [4.78, 5) is 17.6. The number of benzene rings is 2. The fraction of sp³-hybridized carbons (Fsp3) is 0.0556. The highest BCUT2D eigenvalue weighted by atomic mass is 19.4. The molecule has 8 nitrogen and oxygen atoms in total. The number of carbonyl (C=O) groups excluding carboxylic acids is 1. The highest BCUT2D eigenvalue weighted by molar-refractivity contribution is 6.03. The molecular formula is C18H12F3N7O. The quantitative estimate of drug-likeness (QED) is 0.570. The summed E-state index contributed by atoms with van der Waals surface area (Å²) < 4.78 is 40.6. The van der Waals surface area contributed by atoms with Gasteiger partial charge in [-0.25, -0.2) is 9.67 Å². The second-order valence-electron chi connectivity index (χ2n) is 5.88. The third-order valence-corrected chi connectivity index (χ3v) is 3.95. The van der Waals surface area contributed by atoms with Gasteiger partial charge in [0.15, 0.2) is 5.69 Å². The van der Waals surface area contributed by atoms with Crippen LogP contribution in [0.4, 0.5) is 18.9 Å². The Bertz CT molecular complexity index is 1140. The molecule has 2 aromatic heterocycles. The van der Waals surface area contributed by atoms with Crippen molar-refractivity contribution in [1.29, 1.82) is 0 Å². The largest absolute Gasteiger partial charge is 0.416 e. The number of hydrogen-bond acceptors (Lipinski definition) is 5. The fourth-order valence-corrected chi connectivity index (χ4v) is 2.58. The maximum Gasteiger partial charge on any atom is 0.416 e. The van der Waals surface area contributed by atoms with Crippen LogP contribution in [0.3, 0.4) is 0 Å². The van der Waals surface area contributed by atoms with Crippen LogP contribution in [0.25, 0.3) is 11.4 Å². The molecule has 1 amide bonds. The molecule has 0 bridgehead atoms. The van der Waals surface area contributed by atoms with Gasteiger partial charge in [0, 0.05) is 0 Å². The highest BCUT2D eigenvalue weighted by Gasteiger charge is 2.31. The average molecular weight is 399 g/mol. The molecule has 0 aliphatic rings. The van der Waals surface area contributed by atoms with Crippen molar-refractivity contribution in [3.8, 4) is 11.4 Å². The zero-order chi connectivity index (χ0) is 20.4. The number of rotatable bonds is 4. The van der Waals surface area contributed by atoms with E-state index in [1.165, 1.54) is 34.4 Å². The third kappa shape index (κ3) is 3.83. The summed E-state index contributed by atoms with van der Waals surface area (Å²) in [7, 11) is 0. The molecule has 0 atom stereocenters. The Morgan fingerprint density at radius 3 is 2.52 bits per heavy atom. The van der Waals surface area contributed by atoms with Crippen molar-refractivity contribution in [2.24, 2.45) is 0 Å². The lowest BCUT2D eigenvalue weighted by Crippen LogP contribution is -2.16. The van der Waals surface area contributed by atoms with Crippen LogP contribution in [0, 0.1) is 0 Å². The number of hydrogen-bond donors (Lipinski definition) is 1. The first-order chi connectivity index (χ1) is 13.9. The molecule has 0 unspecified atom stereocenters. The van der Waals surface area contributed by atoms with E-state index >= 15 is 0 Å². The van der Waals surface area contributed by atoms with Gasteiger partial charge in [-0.2, -0.15) is 28.2 Å². The van der Waals surface area contributed by atoms with Crippen molar-refractivity contribution in [3.05, 3.63) is 78.6 Å². The van der Waals surface area contributed by atoms with Crippen molar-refractivity contribution < 1.29 is 18.0 Å². The molecule has 11 heteroatoms. The summed E-state index contributed by atoms with van der Waals surface area (Å²) in [6.07, 6.45) is -0.805. The van der Waals surface area contributed by atoms with Crippen LogP contribution >= 0.6 is 0 Å². The van der Waals surface area contributed by atoms with Gasteiger partial charge in [-0.05, 0) is 30.3 Å². The van der Waals surface area contributed by atoms with Crippen LogP contribution in [0.1, 0.15) is 16.1 Å². The van der Waals surface area contributed by atoms with Crippen molar-refractivity contribution in [1.82, 2.24) is 29.8 Å². The van der Waals surface area contributed by atoms with Gasteiger partial charge in [0.25, 0.3) is 5.91 Å². The van der Waals surface area contributed by atoms with Gasteiger partial charge in [0.1, 0.15) is 12.7 Å². The monoisotopic (exact) mass is 399 g/mol. The topological polar surface area (TPSA) is 90.5 Å². The minimum Gasteiger partial charge on any atom is -0.319 e. The number of halogens is 3. The van der Waals surface area contributed by atoms with Crippen molar-refractivity contribution >= 4 is 11.6 Å². The molecule has 0 spiro atoms. The standard InChI is InChI=1S/C18H12F3N7O/c19-18(20,21)12-6-7-16(27-11-22-10-24-27)14(8-12)25-17(29)15-9-23-28(26-15)13-4-2-1-3-5-13/h1-11H,(H,25,29). The van der Waals surface area contributed by atoms with E-state index in [4.69, 9.17) is 0 Å². The number of aromatic nitrogens is 6. The summed E-state index contributed by atoms with van der Waals surface area (Å²) in [5, 5.41) is 14.4. The Hall–Kier alpha value is -4.02. The average Bonchev–Trinajstić information content (AvgIpc) is 3.40. The molecule has 0 aliphatic carbocycles. The molecule has 0 aliphatic heterocycles. The van der Waals surface area contributed by atoms with E-state index in [1.54, 1.807) is 24.3 Å². The van der Waals surface area contributed by atoms with Crippen molar-refractivity contribution in [3.63, 3.8) is 0 Å². The Kier molecular flexibility index (Phi) is 4.55. The van der Waals surface area contributed by atoms with E-state index in [0.717, 1.165) is 12.1 Å². The predicted octanol–water partition coefficient (Wildman–Crippen LogP) is 3.12. The van der Waals surface area contributed by atoms with E-state index in [0.29, 0.717) is 5.69 Å². The molecule has 146 valence electrons. The first kappa shape index (κ1) is 18.3. The van der Waals surface area contributed by atoms with Gasteiger partial charge in [-0.1, -0.05) is 18.2 Å². The molecule has 2 heterocycles. The number of nitrogens with zero attached hydrogens (tertiary/aromatic N) is 6. The lowest BCUT2D eigenvalue weighted by molar-refractivity contribution is -0.137. The van der Waals surface area contributed by atoms with E-state index in [1.807, 2.05) is 6.07 Å². The van der Waals surface area contributed by atoms with Gasteiger partial charge in [-0.3, -0.25) is 4.79 Å². The van der Waals surface area contributed by atoms with Crippen LogP contribution < -0.4 is 5.32 Å². The van der Waals surface area contributed by atoms with Gasteiger partial charge in [0.2, 0.25) is 0 Å². The first-order valence-electron chi connectivity index (χ1n) is 8.27. The van der Waals surface area contributed by atoms with Crippen LogP contribution in [0.5, 0.6) is 0 Å². The summed E-state index contributed by atoms with van der Waals surface area (Å²) >= 11 is 0. The van der Waals surface area contributed by atoms with Crippen LogP contribution in [-0.4, -0.2) is 35.7 Å². The number of nitrogens with one attached hydrogen (secondary N) is 1. The second kappa shape index (κ2) is 7.19. The highest BCUT2D eigenvalue weighted by Crippen LogP contribution is 2.33. The molecule has 29 heavy (non-hydrogen) atoms. The number of amides is 1. The SMILES string of the molecule is O=C(Nc1cc(C(F)(F)F)ccc1-n1cncn1)c1cnn(-c2ccccc2)n1. The van der Waals surface area contributed by atoms with Crippen LogP contribution in [0.2, 0.25) is 0 Å². The van der Waals surface area contributed by atoms with E-state index in [-0.39, 0.29) is 17.1 Å². The van der Waals surface area contributed by atoms with Crippen LogP contribution in [-0.2, 0) is 6.18 Å². The minimum absolute atomic E-state index is 0.0594. The molecule has 4 aromatic rings. The number of para-hydroxylation sites is 1. The zero-order valence-corrected chi connectivity index (χ0v) is 14.6. The number of alkyl halides is 3. The molecule has 2 aromatic carbocycles. The Morgan fingerprint density at radius 1 is 1.03 bits per heavy atom. The van der Waals surface area contributed by atoms with E-state index < -0.39 is 17.6 Å². The van der Waals surface area contributed by atoms with Gasteiger partial charge < -0.3 is 5.32 Å². The molecule has 0 radical (unpaired) electrons. The Labute approximate surface area is 161 Å². The van der Waals surface area contributed by atoms with Crippen LogP contribution in [0.15, 0.2) is 67.4 Å². The smallest absolute Gasteiger partial charge is 0.319 e. The normalized spacial score (nSPS) is 11.4. The Balaban J connectivity index is 1.66. The minimum atomic E-state index is -4.57. The lowest BCUT2D eigenvalue weighted by Gasteiger charge is -2.13. The maximum absolute atomic E-state index is 13.1. The Morgan fingerprint density at radius 2 is 1.83 bits per heavy atom. The molecule has 4 rings (SSSR count). The molecule has 0 fully saturated rings. The molecule has 1 N–H and O–H groups in total. The second-order valence-corrected chi connectivity index (χ2v) is 5.88. The molecular weight excluding hydrogens is 387 g/mol. The van der Waals surface area contributed by atoms with E-state index in [2.05, 4.69) is 25.6 Å². The van der Waals surface area contributed by atoms with Crippen molar-refractivity contribution in [2.45, 2.75) is 6.18 Å². The maximum atomic E-state index is 13.1. The number of anilines is 1. The van der Waals surface area contributed by atoms with Gasteiger partial charge >= 0.3 is 6.18 Å². The number of carbonyl (C=O) groups is 1. The zero-order valence-electron chi connectivity index (χ0n) is 14.6. The summed E-state index contributed by atoms with van der Waals surface area (Å²) in [5.41, 5.74) is -0.210. The molecule has 0 saturated heterocycles. The molecule has 0 saturated carbocycles. The van der Waals surface area contributed by atoms with Gasteiger partial charge in [-0.15, -0.1) is 5.10 Å². The third-order valence-electron chi connectivity index (χ3n) is 3.95. The summed E-state index contributed by atoms with van der Waals surface area (Å²) in [6.45, 7) is 0. The lowest BCUT2D eigenvalue weighted by atomic mass is 10.1. The van der Waals surface area contributed by atoms with E-state index in [9.17, 15) is 18.0 Å².